The molecule has 92 valence electrons. The molecule has 0 radical (unpaired) electrons. The van der Waals surface area contributed by atoms with Crippen LogP contribution in [0.2, 0.25) is 0 Å². The van der Waals surface area contributed by atoms with Crippen molar-refractivity contribution in [2.24, 2.45) is 0 Å². The molecule has 0 bridgehead atoms. The average Bonchev–Trinajstić information content (AvgIpc) is 2.96. The first kappa shape index (κ1) is 11.9. The molecular weight excluding hydrogens is 216 g/mol. The van der Waals surface area contributed by atoms with Crippen molar-refractivity contribution in [1.82, 2.24) is 19.1 Å². The molecule has 0 saturated carbocycles. The molecule has 0 aliphatic rings. The van der Waals surface area contributed by atoms with E-state index in [-0.39, 0.29) is 0 Å². The largest absolute Gasteiger partial charge is 0.379 e. The van der Waals surface area contributed by atoms with Crippen molar-refractivity contribution in [2.75, 3.05) is 0 Å². The van der Waals surface area contributed by atoms with Crippen LogP contribution in [0.1, 0.15) is 37.9 Å². The van der Waals surface area contributed by atoms with E-state index in [0.717, 1.165) is 25.2 Å². The van der Waals surface area contributed by atoms with Gasteiger partial charge in [-0.05, 0) is 13.3 Å². The third-order valence-electron chi connectivity index (χ3n) is 2.82. The van der Waals surface area contributed by atoms with Crippen LogP contribution in [0.4, 0.5) is 0 Å². The molecule has 0 aromatic carbocycles. The molecule has 5 heteroatoms. The lowest BCUT2D eigenvalue weighted by molar-refractivity contribution is 0.194. The standard InChI is InChI=1S/C12H18N4O/c1-3-6-16-9-13-8-10(16)11(17)12-14-5-7-15(12)4-2/h5,7-9,11,17H,3-4,6H2,1-2H3. The molecule has 0 spiro atoms. The fraction of sp³-hybridized carbons (Fsp3) is 0.500. The van der Waals surface area contributed by atoms with E-state index in [1.807, 2.05) is 22.3 Å². The van der Waals surface area contributed by atoms with Gasteiger partial charge in [-0.1, -0.05) is 6.92 Å². The summed E-state index contributed by atoms with van der Waals surface area (Å²) in [6.45, 7) is 5.79. The van der Waals surface area contributed by atoms with Crippen LogP contribution in [0.15, 0.2) is 24.9 Å². The third-order valence-corrected chi connectivity index (χ3v) is 2.82. The minimum absolute atomic E-state index is 0.672. The number of imidazole rings is 2. The smallest absolute Gasteiger partial charge is 0.153 e. The Labute approximate surface area is 101 Å². The summed E-state index contributed by atoms with van der Waals surface area (Å²) in [5.74, 6) is 0.672. The summed E-state index contributed by atoms with van der Waals surface area (Å²) in [5, 5.41) is 10.3. The Kier molecular flexibility index (Phi) is 3.58. The molecular formula is C12H18N4O. The summed E-state index contributed by atoms with van der Waals surface area (Å²) < 4.78 is 3.91. The molecule has 1 N–H and O–H groups in total. The van der Waals surface area contributed by atoms with E-state index in [0.29, 0.717) is 5.82 Å². The molecule has 2 rings (SSSR count). The predicted molar refractivity (Wildman–Crippen MR) is 64.5 cm³/mol. The molecule has 1 atom stereocenters. The third kappa shape index (κ3) is 2.24. The summed E-state index contributed by atoms with van der Waals surface area (Å²) in [6.07, 6.45) is 7.34. The van der Waals surface area contributed by atoms with E-state index in [2.05, 4.69) is 16.9 Å². The van der Waals surface area contributed by atoms with Crippen molar-refractivity contribution >= 4 is 0 Å². The van der Waals surface area contributed by atoms with Gasteiger partial charge in [0.05, 0.1) is 18.2 Å². The zero-order chi connectivity index (χ0) is 12.3. The summed E-state index contributed by atoms with van der Waals surface area (Å²) in [4.78, 5) is 8.31. The lowest BCUT2D eigenvalue weighted by Gasteiger charge is -2.14. The van der Waals surface area contributed by atoms with E-state index >= 15 is 0 Å². The van der Waals surface area contributed by atoms with E-state index < -0.39 is 6.10 Å². The highest BCUT2D eigenvalue weighted by atomic mass is 16.3. The molecule has 2 aromatic heterocycles. The zero-order valence-electron chi connectivity index (χ0n) is 10.2. The summed E-state index contributed by atoms with van der Waals surface area (Å²) >= 11 is 0. The minimum Gasteiger partial charge on any atom is -0.379 e. The Morgan fingerprint density at radius 1 is 1.35 bits per heavy atom. The van der Waals surface area contributed by atoms with Gasteiger partial charge >= 0.3 is 0 Å². The average molecular weight is 234 g/mol. The van der Waals surface area contributed by atoms with E-state index in [9.17, 15) is 5.11 Å². The summed E-state index contributed by atoms with van der Waals surface area (Å²) in [7, 11) is 0. The van der Waals surface area contributed by atoms with Crippen molar-refractivity contribution in [1.29, 1.82) is 0 Å². The van der Waals surface area contributed by atoms with Crippen LogP contribution in [0, 0.1) is 0 Å². The Bertz CT molecular complexity index is 474. The lowest BCUT2D eigenvalue weighted by atomic mass is 10.2. The fourth-order valence-electron chi connectivity index (χ4n) is 1.95. The molecule has 0 aliphatic heterocycles. The van der Waals surface area contributed by atoms with Gasteiger partial charge < -0.3 is 14.2 Å². The van der Waals surface area contributed by atoms with Gasteiger partial charge in [-0.15, -0.1) is 0 Å². The predicted octanol–water partition coefficient (Wildman–Crippen LogP) is 1.59. The van der Waals surface area contributed by atoms with Crippen molar-refractivity contribution in [3.05, 3.63) is 36.4 Å². The quantitative estimate of drug-likeness (QED) is 0.854. The maximum absolute atomic E-state index is 10.3. The van der Waals surface area contributed by atoms with Crippen LogP contribution in [0.25, 0.3) is 0 Å². The zero-order valence-corrected chi connectivity index (χ0v) is 10.2. The lowest BCUT2D eigenvalue weighted by Crippen LogP contribution is -2.13. The molecule has 5 nitrogen and oxygen atoms in total. The van der Waals surface area contributed by atoms with Crippen molar-refractivity contribution in [3.63, 3.8) is 0 Å². The first-order valence-electron chi connectivity index (χ1n) is 5.97. The highest BCUT2D eigenvalue weighted by molar-refractivity contribution is 5.13. The van der Waals surface area contributed by atoms with Crippen molar-refractivity contribution in [2.45, 2.75) is 39.5 Å². The molecule has 0 saturated heterocycles. The Balaban J connectivity index is 2.30. The maximum Gasteiger partial charge on any atom is 0.153 e. The Hall–Kier alpha value is -1.62. The van der Waals surface area contributed by atoms with Crippen LogP contribution >= 0.6 is 0 Å². The molecule has 0 amide bonds. The van der Waals surface area contributed by atoms with Gasteiger partial charge in [-0.25, -0.2) is 9.97 Å². The van der Waals surface area contributed by atoms with Gasteiger partial charge in [0.2, 0.25) is 0 Å². The van der Waals surface area contributed by atoms with Gasteiger partial charge in [0.15, 0.2) is 6.10 Å². The van der Waals surface area contributed by atoms with E-state index in [1.165, 1.54) is 0 Å². The first-order valence-corrected chi connectivity index (χ1v) is 5.97. The van der Waals surface area contributed by atoms with Gasteiger partial charge in [0.25, 0.3) is 0 Å². The van der Waals surface area contributed by atoms with Crippen molar-refractivity contribution in [3.8, 4) is 0 Å². The number of hydrogen-bond donors (Lipinski definition) is 1. The van der Waals surface area contributed by atoms with Crippen LogP contribution in [0.3, 0.4) is 0 Å². The summed E-state index contributed by atoms with van der Waals surface area (Å²) in [6, 6.07) is 0. The molecule has 0 fully saturated rings. The highest BCUT2D eigenvalue weighted by Crippen LogP contribution is 2.20. The number of aryl methyl sites for hydroxylation is 2. The van der Waals surface area contributed by atoms with E-state index in [4.69, 9.17) is 0 Å². The topological polar surface area (TPSA) is 55.9 Å². The second-order valence-corrected chi connectivity index (χ2v) is 3.99. The Morgan fingerprint density at radius 3 is 2.88 bits per heavy atom. The van der Waals surface area contributed by atoms with Gasteiger partial charge in [0.1, 0.15) is 5.82 Å². The second kappa shape index (κ2) is 5.14. The van der Waals surface area contributed by atoms with Crippen molar-refractivity contribution < 1.29 is 5.11 Å². The fourth-order valence-corrected chi connectivity index (χ4v) is 1.95. The number of nitrogens with zero attached hydrogens (tertiary/aromatic N) is 4. The van der Waals surface area contributed by atoms with Gasteiger partial charge in [0, 0.05) is 25.5 Å². The second-order valence-electron chi connectivity index (χ2n) is 3.99. The maximum atomic E-state index is 10.3. The molecule has 17 heavy (non-hydrogen) atoms. The monoisotopic (exact) mass is 234 g/mol. The van der Waals surface area contributed by atoms with Crippen LogP contribution in [0.5, 0.6) is 0 Å². The van der Waals surface area contributed by atoms with Crippen LogP contribution in [-0.2, 0) is 13.1 Å². The first-order chi connectivity index (χ1) is 8.27. The van der Waals surface area contributed by atoms with Crippen LogP contribution < -0.4 is 0 Å². The van der Waals surface area contributed by atoms with Gasteiger partial charge in [-0.3, -0.25) is 0 Å². The van der Waals surface area contributed by atoms with Crippen LogP contribution in [-0.4, -0.2) is 24.2 Å². The normalized spacial score (nSPS) is 12.9. The summed E-state index contributed by atoms with van der Waals surface area (Å²) in [5.41, 5.74) is 0.799. The molecule has 2 aromatic rings. The number of aliphatic hydroxyl groups excluding tert-OH is 1. The number of aliphatic hydroxyl groups is 1. The highest BCUT2D eigenvalue weighted by Gasteiger charge is 2.19. The molecule has 1 unspecified atom stereocenters. The number of aromatic nitrogens is 4. The molecule has 2 heterocycles. The van der Waals surface area contributed by atoms with Gasteiger partial charge in [-0.2, -0.15) is 0 Å². The Morgan fingerprint density at radius 2 is 2.18 bits per heavy atom. The SMILES string of the molecule is CCCn1cncc1C(O)c1nccn1CC. The molecule has 0 aliphatic carbocycles. The minimum atomic E-state index is -0.709. The number of hydrogen-bond acceptors (Lipinski definition) is 3. The van der Waals surface area contributed by atoms with E-state index in [1.54, 1.807) is 18.7 Å². The number of rotatable bonds is 5.